The minimum atomic E-state index is -5.00. The van der Waals surface area contributed by atoms with E-state index in [0.29, 0.717) is 4.90 Å². The van der Waals surface area contributed by atoms with Crippen molar-refractivity contribution >= 4 is 34.5 Å². The third-order valence-corrected chi connectivity index (χ3v) is 4.90. The molecule has 1 fully saturated rings. The molecular weight excluding hydrogens is 526 g/mol. The Morgan fingerprint density at radius 3 is 2.56 bits per heavy atom. The van der Waals surface area contributed by atoms with Crippen LogP contribution >= 0.6 is 11.6 Å². The monoisotopic (exact) mass is 538 g/mol. The SMILES string of the molecule is O=C(NC1CN(C(=O)C(F)(F)F)C1)c1nc2ccc(Oc3ncc(Cl)cc3OCC(F)(F)F)cc2o1. The molecule has 0 spiro atoms. The molecule has 2 aromatic heterocycles. The molecular formula is C20H13ClF6N4O5. The van der Waals surface area contributed by atoms with Gasteiger partial charge in [-0.15, -0.1) is 0 Å². The van der Waals surface area contributed by atoms with E-state index in [2.05, 4.69) is 15.3 Å². The Balaban J connectivity index is 1.42. The molecule has 9 nitrogen and oxygen atoms in total. The number of rotatable bonds is 6. The van der Waals surface area contributed by atoms with E-state index in [0.717, 1.165) is 12.3 Å². The maximum atomic E-state index is 12.5. The first-order valence-corrected chi connectivity index (χ1v) is 10.3. The van der Waals surface area contributed by atoms with Gasteiger partial charge in [0.25, 0.3) is 11.8 Å². The van der Waals surface area contributed by atoms with Crippen LogP contribution in [0.25, 0.3) is 11.1 Å². The first-order valence-electron chi connectivity index (χ1n) is 9.89. The molecule has 0 aliphatic carbocycles. The molecule has 1 aliphatic rings. The second kappa shape index (κ2) is 9.37. The average molecular weight is 539 g/mol. The summed E-state index contributed by atoms with van der Waals surface area (Å²) in [4.78, 5) is 31.8. The zero-order valence-corrected chi connectivity index (χ0v) is 18.4. The van der Waals surface area contributed by atoms with Crippen LogP contribution in [-0.2, 0) is 4.79 Å². The summed E-state index contributed by atoms with van der Waals surface area (Å²) in [5.41, 5.74) is 0.277. The number of nitrogens with one attached hydrogen (secondary N) is 1. The van der Waals surface area contributed by atoms with Crippen molar-refractivity contribution in [1.82, 2.24) is 20.2 Å². The summed E-state index contributed by atoms with van der Waals surface area (Å²) >= 11 is 5.76. The largest absolute Gasteiger partial charge is 0.478 e. The summed E-state index contributed by atoms with van der Waals surface area (Å²) in [7, 11) is 0. The van der Waals surface area contributed by atoms with Crippen LogP contribution in [0, 0.1) is 0 Å². The molecule has 36 heavy (non-hydrogen) atoms. The zero-order valence-electron chi connectivity index (χ0n) is 17.6. The van der Waals surface area contributed by atoms with Crippen molar-refractivity contribution in [1.29, 1.82) is 0 Å². The zero-order chi connectivity index (χ0) is 26.3. The van der Waals surface area contributed by atoms with Gasteiger partial charge in [0.2, 0.25) is 0 Å². The number of hydrogen-bond acceptors (Lipinski definition) is 7. The van der Waals surface area contributed by atoms with Crippen LogP contribution in [0.1, 0.15) is 10.7 Å². The summed E-state index contributed by atoms with van der Waals surface area (Å²) in [5, 5.41) is 2.42. The molecule has 0 bridgehead atoms. The van der Waals surface area contributed by atoms with Crippen molar-refractivity contribution in [2.24, 2.45) is 0 Å². The molecule has 0 unspecified atom stereocenters. The van der Waals surface area contributed by atoms with Crippen LogP contribution in [0.15, 0.2) is 34.9 Å². The van der Waals surface area contributed by atoms with Crippen LogP contribution in [0.4, 0.5) is 26.3 Å². The number of likely N-dealkylation sites (tertiary alicyclic amines) is 1. The molecule has 4 rings (SSSR count). The molecule has 0 saturated carbocycles. The number of pyridine rings is 1. The fourth-order valence-corrected chi connectivity index (χ4v) is 3.23. The number of nitrogens with zero attached hydrogens (tertiary/aromatic N) is 3. The van der Waals surface area contributed by atoms with Crippen LogP contribution in [0.5, 0.6) is 17.4 Å². The van der Waals surface area contributed by atoms with Crippen molar-refractivity contribution in [3.05, 3.63) is 41.4 Å². The summed E-state index contributed by atoms with van der Waals surface area (Å²) < 4.78 is 90.3. The van der Waals surface area contributed by atoms with E-state index < -0.39 is 42.7 Å². The highest BCUT2D eigenvalue weighted by Gasteiger charge is 2.47. The van der Waals surface area contributed by atoms with Gasteiger partial charge in [-0.3, -0.25) is 9.59 Å². The van der Waals surface area contributed by atoms with Crippen LogP contribution < -0.4 is 14.8 Å². The number of amides is 2. The van der Waals surface area contributed by atoms with Crippen LogP contribution in [0.2, 0.25) is 5.02 Å². The van der Waals surface area contributed by atoms with Crippen molar-refractivity contribution in [2.75, 3.05) is 19.7 Å². The third-order valence-electron chi connectivity index (χ3n) is 4.69. The van der Waals surface area contributed by atoms with Gasteiger partial charge in [0, 0.05) is 31.4 Å². The molecule has 1 aromatic carbocycles. The van der Waals surface area contributed by atoms with Crippen LogP contribution in [0.3, 0.4) is 0 Å². The maximum absolute atomic E-state index is 12.5. The molecule has 1 aliphatic heterocycles. The number of benzene rings is 1. The van der Waals surface area contributed by atoms with Gasteiger partial charge in [0.15, 0.2) is 17.9 Å². The molecule has 3 aromatic rings. The average Bonchev–Trinajstić information content (AvgIpc) is 3.18. The molecule has 0 radical (unpaired) electrons. The first-order chi connectivity index (χ1) is 16.8. The number of ether oxygens (including phenoxy) is 2. The van der Waals surface area contributed by atoms with Gasteiger partial charge in [-0.1, -0.05) is 11.6 Å². The predicted octanol–water partition coefficient (Wildman–Crippen LogP) is 4.11. The summed E-state index contributed by atoms with van der Waals surface area (Å²) in [6.07, 6.45) is -8.47. The maximum Gasteiger partial charge on any atom is 0.471 e. The number of oxazole rings is 1. The second-order valence-electron chi connectivity index (χ2n) is 7.49. The molecule has 3 heterocycles. The Morgan fingerprint density at radius 1 is 1.17 bits per heavy atom. The Labute approximate surface area is 201 Å². The number of hydrogen-bond donors (Lipinski definition) is 1. The molecule has 1 saturated heterocycles. The van der Waals surface area contributed by atoms with E-state index in [1.165, 1.54) is 18.2 Å². The smallest absolute Gasteiger partial charge is 0.471 e. The lowest BCUT2D eigenvalue weighted by molar-refractivity contribution is -0.190. The van der Waals surface area contributed by atoms with E-state index in [1.54, 1.807) is 0 Å². The van der Waals surface area contributed by atoms with Gasteiger partial charge in [0.1, 0.15) is 11.3 Å². The summed E-state index contributed by atoms with van der Waals surface area (Å²) in [6, 6.07) is 4.43. The number of fused-ring (bicyclic) bond motifs is 1. The Hall–Kier alpha value is -3.75. The topological polar surface area (TPSA) is 107 Å². The van der Waals surface area contributed by atoms with Gasteiger partial charge in [0.05, 0.1) is 11.1 Å². The highest BCUT2D eigenvalue weighted by atomic mass is 35.5. The van der Waals surface area contributed by atoms with Gasteiger partial charge in [-0.25, -0.2) is 9.97 Å². The Bertz CT molecular complexity index is 1310. The summed E-state index contributed by atoms with van der Waals surface area (Å²) in [5.74, 6) is -3.84. The van der Waals surface area contributed by atoms with Crippen molar-refractivity contribution in [3.63, 3.8) is 0 Å². The fourth-order valence-electron chi connectivity index (χ4n) is 3.09. The van der Waals surface area contributed by atoms with Crippen LogP contribution in [-0.4, -0.2) is 64.8 Å². The number of aromatic nitrogens is 2. The molecule has 0 atom stereocenters. The minimum Gasteiger partial charge on any atom is -0.478 e. The third kappa shape index (κ3) is 5.90. The lowest BCUT2D eigenvalue weighted by Gasteiger charge is -2.39. The normalized spacial score (nSPS) is 14.5. The highest BCUT2D eigenvalue weighted by Crippen LogP contribution is 2.34. The molecule has 2 amide bonds. The van der Waals surface area contributed by atoms with Gasteiger partial charge in [-0.2, -0.15) is 26.3 Å². The quantitative estimate of drug-likeness (QED) is 0.471. The summed E-state index contributed by atoms with van der Waals surface area (Å²) in [6.45, 7) is -2.25. The van der Waals surface area contributed by atoms with E-state index in [9.17, 15) is 35.9 Å². The number of carbonyl (C=O) groups excluding carboxylic acids is 2. The first kappa shape index (κ1) is 25.3. The molecule has 16 heteroatoms. The van der Waals surface area contributed by atoms with Crippen molar-refractivity contribution < 1.29 is 49.8 Å². The number of alkyl halides is 6. The van der Waals surface area contributed by atoms with Gasteiger partial charge >= 0.3 is 24.2 Å². The minimum absolute atomic E-state index is 0.0122. The number of carbonyl (C=O) groups is 2. The van der Waals surface area contributed by atoms with Gasteiger partial charge in [-0.05, 0) is 12.1 Å². The van der Waals surface area contributed by atoms with Gasteiger partial charge < -0.3 is 24.1 Å². The van der Waals surface area contributed by atoms with E-state index in [1.807, 2.05) is 0 Å². The fraction of sp³-hybridized carbons (Fsp3) is 0.300. The van der Waals surface area contributed by atoms with E-state index in [-0.39, 0.29) is 46.6 Å². The highest BCUT2D eigenvalue weighted by molar-refractivity contribution is 6.30. The van der Waals surface area contributed by atoms with E-state index >= 15 is 0 Å². The molecule has 1 N–H and O–H groups in total. The van der Waals surface area contributed by atoms with Crippen molar-refractivity contribution in [2.45, 2.75) is 18.4 Å². The van der Waals surface area contributed by atoms with Crippen molar-refractivity contribution in [3.8, 4) is 17.4 Å². The second-order valence-corrected chi connectivity index (χ2v) is 7.93. The molecule has 192 valence electrons. The van der Waals surface area contributed by atoms with E-state index in [4.69, 9.17) is 25.5 Å². The lowest BCUT2D eigenvalue weighted by Crippen LogP contribution is -2.63. The Morgan fingerprint density at radius 2 is 1.89 bits per heavy atom. The standard InChI is InChI=1S/C20H13ClF6N4O5/c21-9-3-14(34-8-19(22,23)24)16(28-5-9)35-11-1-2-12-13(4-11)36-17(30-12)15(32)29-10-6-31(7-10)18(33)20(25,26)27/h1-5,10H,6-8H2,(H,29,32). The lowest BCUT2D eigenvalue weighted by atomic mass is 10.1. The predicted molar refractivity (Wildman–Crippen MR) is 109 cm³/mol. The Kier molecular flexibility index (Phi) is 6.60. The number of halogens is 7.